The fourth-order valence-corrected chi connectivity index (χ4v) is 4.06. The third kappa shape index (κ3) is 5.61. The van der Waals surface area contributed by atoms with E-state index < -0.39 is 10.0 Å². The lowest BCUT2D eigenvalue weighted by Crippen LogP contribution is -2.19. The number of halogens is 2. The predicted molar refractivity (Wildman–Crippen MR) is 125 cm³/mol. The predicted octanol–water partition coefficient (Wildman–Crippen LogP) is 5.91. The quantitative estimate of drug-likeness (QED) is 0.408. The van der Waals surface area contributed by atoms with E-state index in [-0.39, 0.29) is 9.92 Å². The number of rotatable bonds is 5. The normalized spacial score (nSPS) is 11.0. The molecule has 3 rings (SSSR count). The van der Waals surface area contributed by atoms with E-state index in [1.54, 1.807) is 12.1 Å². The second-order valence-corrected chi connectivity index (χ2v) is 9.06. The van der Waals surface area contributed by atoms with Crippen molar-refractivity contribution < 1.29 is 8.42 Å². The number of para-hydroxylation sites is 1. The van der Waals surface area contributed by atoms with Gasteiger partial charge in [0.25, 0.3) is 10.0 Å². The van der Waals surface area contributed by atoms with Crippen molar-refractivity contribution in [2.24, 2.45) is 0 Å². The number of aryl methyl sites for hydroxylation is 1. The molecule has 0 saturated carbocycles. The van der Waals surface area contributed by atoms with Gasteiger partial charge < -0.3 is 10.6 Å². The SMILES string of the molecule is Cc1ccccc1NC(=S)Nc1ccc(S(=O)(=O)Nc2ccc(Cl)c(Cl)c2)cc1. The van der Waals surface area contributed by atoms with Crippen LogP contribution in [0.2, 0.25) is 10.0 Å². The van der Waals surface area contributed by atoms with Gasteiger partial charge in [0.2, 0.25) is 0 Å². The Balaban J connectivity index is 1.68. The number of benzene rings is 3. The summed E-state index contributed by atoms with van der Waals surface area (Å²) in [6.07, 6.45) is 0. The highest BCUT2D eigenvalue weighted by Crippen LogP contribution is 2.26. The van der Waals surface area contributed by atoms with Gasteiger partial charge in [-0.3, -0.25) is 4.72 Å². The van der Waals surface area contributed by atoms with Crippen molar-refractivity contribution in [3.63, 3.8) is 0 Å². The van der Waals surface area contributed by atoms with Crippen molar-refractivity contribution in [1.82, 2.24) is 0 Å². The lowest BCUT2D eigenvalue weighted by atomic mass is 10.2. The van der Waals surface area contributed by atoms with E-state index >= 15 is 0 Å². The highest BCUT2D eigenvalue weighted by molar-refractivity contribution is 7.92. The molecule has 0 bridgehead atoms. The van der Waals surface area contributed by atoms with Gasteiger partial charge in [-0.05, 0) is 73.2 Å². The zero-order valence-electron chi connectivity index (χ0n) is 15.2. The van der Waals surface area contributed by atoms with Crippen LogP contribution in [0.15, 0.2) is 71.6 Å². The molecule has 0 unspecified atom stereocenters. The van der Waals surface area contributed by atoms with E-state index in [1.807, 2.05) is 31.2 Å². The number of nitrogens with one attached hydrogen (secondary N) is 3. The van der Waals surface area contributed by atoms with Gasteiger partial charge in [0, 0.05) is 11.4 Å². The van der Waals surface area contributed by atoms with Crippen molar-refractivity contribution >= 4 is 67.6 Å². The lowest BCUT2D eigenvalue weighted by Gasteiger charge is -2.13. The summed E-state index contributed by atoms with van der Waals surface area (Å²) in [5.41, 5.74) is 2.94. The molecule has 0 aromatic heterocycles. The van der Waals surface area contributed by atoms with Crippen LogP contribution in [-0.4, -0.2) is 13.5 Å². The molecule has 3 N–H and O–H groups in total. The zero-order chi connectivity index (χ0) is 21.0. The highest BCUT2D eigenvalue weighted by Gasteiger charge is 2.15. The maximum Gasteiger partial charge on any atom is 0.261 e. The van der Waals surface area contributed by atoms with Crippen molar-refractivity contribution in [2.45, 2.75) is 11.8 Å². The first-order chi connectivity index (χ1) is 13.7. The third-order valence-corrected chi connectivity index (χ3v) is 6.33. The maximum atomic E-state index is 12.6. The minimum Gasteiger partial charge on any atom is -0.332 e. The summed E-state index contributed by atoms with van der Waals surface area (Å²) < 4.78 is 27.6. The summed E-state index contributed by atoms with van der Waals surface area (Å²) in [6.45, 7) is 1.98. The van der Waals surface area contributed by atoms with Gasteiger partial charge in [0.15, 0.2) is 5.11 Å². The van der Waals surface area contributed by atoms with Gasteiger partial charge in [0.05, 0.1) is 20.6 Å². The Morgan fingerprint density at radius 2 is 1.52 bits per heavy atom. The topological polar surface area (TPSA) is 70.2 Å². The van der Waals surface area contributed by atoms with Crippen molar-refractivity contribution in [3.05, 3.63) is 82.3 Å². The molecule has 29 heavy (non-hydrogen) atoms. The van der Waals surface area contributed by atoms with Crippen LogP contribution in [0, 0.1) is 6.92 Å². The van der Waals surface area contributed by atoms with E-state index in [0.29, 0.717) is 21.5 Å². The summed E-state index contributed by atoms with van der Waals surface area (Å²) in [7, 11) is -3.77. The molecular weight excluding hydrogens is 449 g/mol. The molecule has 3 aromatic carbocycles. The number of anilines is 3. The number of hydrogen-bond donors (Lipinski definition) is 3. The molecule has 9 heteroatoms. The van der Waals surface area contributed by atoms with E-state index in [0.717, 1.165) is 11.3 Å². The summed E-state index contributed by atoms with van der Waals surface area (Å²) in [4.78, 5) is 0.104. The van der Waals surface area contributed by atoms with E-state index in [4.69, 9.17) is 35.4 Å². The Labute approximate surface area is 185 Å². The molecule has 0 radical (unpaired) electrons. The maximum absolute atomic E-state index is 12.6. The van der Waals surface area contributed by atoms with E-state index in [2.05, 4.69) is 15.4 Å². The Morgan fingerprint density at radius 1 is 0.862 bits per heavy atom. The first kappa shape index (κ1) is 21.4. The fraction of sp³-hybridized carbons (Fsp3) is 0.0500. The molecule has 3 aromatic rings. The minimum absolute atomic E-state index is 0.104. The minimum atomic E-state index is -3.77. The molecule has 0 saturated heterocycles. The van der Waals surface area contributed by atoms with Gasteiger partial charge in [0.1, 0.15) is 0 Å². The first-order valence-electron chi connectivity index (χ1n) is 8.46. The molecule has 0 aliphatic heterocycles. The molecule has 0 spiro atoms. The monoisotopic (exact) mass is 465 g/mol. The van der Waals surface area contributed by atoms with Crippen molar-refractivity contribution in [2.75, 3.05) is 15.4 Å². The van der Waals surface area contributed by atoms with Crippen LogP contribution in [-0.2, 0) is 10.0 Å². The number of sulfonamides is 1. The second-order valence-electron chi connectivity index (χ2n) is 6.15. The van der Waals surface area contributed by atoms with Crippen LogP contribution < -0.4 is 15.4 Å². The van der Waals surface area contributed by atoms with E-state index in [1.165, 1.54) is 30.3 Å². The Morgan fingerprint density at radius 3 is 2.17 bits per heavy atom. The average molecular weight is 466 g/mol. The van der Waals surface area contributed by atoms with Gasteiger partial charge in [-0.15, -0.1) is 0 Å². The average Bonchev–Trinajstić information content (AvgIpc) is 2.67. The standard InChI is InChI=1S/C20H17Cl2N3O2S2/c1-13-4-2-3-5-19(13)24-20(28)23-14-6-9-16(10-7-14)29(26,27)25-15-8-11-17(21)18(22)12-15/h2-12,25H,1H3,(H2,23,24,28). The third-order valence-electron chi connectivity index (χ3n) is 3.99. The Bertz CT molecular complexity index is 1150. The second kappa shape index (κ2) is 9.00. The zero-order valence-corrected chi connectivity index (χ0v) is 18.4. The summed E-state index contributed by atoms with van der Waals surface area (Å²) in [5, 5.41) is 7.16. The van der Waals surface area contributed by atoms with Crippen LogP contribution in [0.3, 0.4) is 0 Å². The smallest absolute Gasteiger partial charge is 0.261 e. The van der Waals surface area contributed by atoms with Crippen LogP contribution in [0.1, 0.15) is 5.56 Å². The van der Waals surface area contributed by atoms with Gasteiger partial charge in [-0.25, -0.2) is 8.42 Å². The molecule has 0 heterocycles. The summed E-state index contributed by atoms with van der Waals surface area (Å²) >= 11 is 17.1. The number of thiocarbonyl (C=S) groups is 1. The molecule has 0 aliphatic rings. The van der Waals surface area contributed by atoms with Crippen LogP contribution in [0.4, 0.5) is 17.1 Å². The molecule has 5 nitrogen and oxygen atoms in total. The fourth-order valence-electron chi connectivity index (χ4n) is 2.49. The first-order valence-corrected chi connectivity index (χ1v) is 11.1. The van der Waals surface area contributed by atoms with Crippen LogP contribution in [0.25, 0.3) is 0 Å². The highest BCUT2D eigenvalue weighted by atomic mass is 35.5. The van der Waals surface area contributed by atoms with Crippen LogP contribution in [0.5, 0.6) is 0 Å². The summed E-state index contributed by atoms with van der Waals surface area (Å²) in [6, 6.07) is 18.5. The summed E-state index contributed by atoms with van der Waals surface area (Å²) in [5.74, 6) is 0. The molecule has 0 aliphatic carbocycles. The molecule has 0 fully saturated rings. The molecule has 0 amide bonds. The van der Waals surface area contributed by atoms with Crippen molar-refractivity contribution in [3.8, 4) is 0 Å². The largest absolute Gasteiger partial charge is 0.332 e. The number of hydrogen-bond acceptors (Lipinski definition) is 3. The van der Waals surface area contributed by atoms with Gasteiger partial charge in [-0.2, -0.15) is 0 Å². The molecule has 150 valence electrons. The molecular formula is C20H17Cl2N3O2S2. The van der Waals surface area contributed by atoms with Crippen molar-refractivity contribution in [1.29, 1.82) is 0 Å². The Hall–Kier alpha value is -2.32. The van der Waals surface area contributed by atoms with Gasteiger partial charge in [-0.1, -0.05) is 41.4 Å². The molecule has 0 atom stereocenters. The van der Waals surface area contributed by atoms with Gasteiger partial charge >= 0.3 is 0 Å². The Kier molecular flexibility index (Phi) is 6.64. The van der Waals surface area contributed by atoms with E-state index in [9.17, 15) is 8.42 Å². The lowest BCUT2D eigenvalue weighted by molar-refractivity contribution is 0.601. The van der Waals surface area contributed by atoms with Crippen LogP contribution >= 0.6 is 35.4 Å².